The second-order valence-corrected chi connectivity index (χ2v) is 8.27. The van der Waals surface area contributed by atoms with Crippen LogP contribution in [0, 0.1) is 0 Å². The standard InChI is InChI=1S/C22H34O11/c1-6-7-8-9-10-11-16(27)18(29)20(31,13(3)24)22(33,15(5)26)21(32,14(4)25)19(30)17(28)12(2)23/h17,19,28,30-33H,6-11H2,1-5H3/t17?,19-,20+,21-,22-/m1/s1. The van der Waals surface area contributed by atoms with Gasteiger partial charge in [0.25, 0.3) is 0 Å². The number of ketones is 6. The molecular weight excluding hydrogens is 440 g/mol. The van der Waals surface area contributed by atoms with E-state index in [1.807, 2.05) is 6.92 Å². The Morgan fingerprint density at radius 2 is 1.21 bits per heavy atom. The van der Waals surface area contributed by atoms with Crippen LogP contribution >= 0.6 is 0 Å². The molecule has 5 N–H and O–H groups in total. The van der Waals surface area contributed by atoms with Crippen molar-refractivity contribution in [1.29, 1.82) is 0 Å². The second kappa shape index (κ2) is 11.8. The maximum atomic E-state index is 12.9. The molecule has 5 atom stereocenters. The number of unbranched alkanes of at least 4 members (excludes halogenated alkanes) is 4. The zero-order valence-electron chi connectivity index (χ0n) is 19.6. The number of hydrogen-bond donors (Lipinski definition) is 5. The van der Waals surface area contributed by atoms with Crippen LogP contribution in [0.3, 0.4) is 0 Å². The fourth-order valence-electron chi connectivity index (χ4n) is 3.71. The lowest BCUT2D eigenvalue weighted by Crippen LogP contribution is -2.82. The Labute approximate surface area is 191 Å². The molecule has 0 aliphatic heterocycles. The van der Waals surface area contributed by atoms with E-state index in [4.69, 9.17) is 0 Å². The Bertz CT molecular complexity index is 804. The zero-order valence-corrected chi connectivity index (χ0v) is 19.6. The topological polar surface area (TPSA) is 204 Å². The van der Waals surface area contributed by atoms with Gasteiger partial charge in [-0.1, -0.05) is 32.6 Å². The van der Waals surface area contributed by atoms with Crippen LogP contribution in [-0.2, 0) is 28.8 Å². The van der Waals surface area contributed by atoms with Gasteiger partial charge in [0.15, 0.2) is 28.7 Å². The van der Waals surface area contributed by atoms with E-state index in [-0.39, 0.29) is 6.42 Å². The molecule has 0 aromatic heterocycles. The third-order valence-corrected chi connectivity index (χ3v) is 5.86. The molecule has 188 valence electrons. The van der Waals surface area contributed by atoms with Crippen LogP contribution in [0.5, 0.6) is 0 Å². The summed E-state index contributed by atoms with van der Waals surface area (Å²) >= 11 is 0. The van der Waals surface area contributed by atoms with Gasteiger partial charge in [-0.3, -0.25) is 28.8 Å². The number of aliphatic hydroxyl groups is 5. The highest BCUT2D eigenvalue weighted by Gasteiger charge is 2.75. The molecule has 0 aliphatic rings. The first-order valence-electron chi connectivity index (χ1n) is 10.6. The number of carbonyl (C=O) groups is 6. The Morgan fingerprint density at radius 3 is 1.58 bits per heavy atom. The summed E-state index contributed by atoms with van der Waals surface area (Å²) in [5.74, 6) is -9.67. The molecule has 11 heteroatoms. The molecular formula is C22H34O11. The van der Waals surface area contributed by atoms with E-state index >= 15 is 0 Å². The average Bonchev–Trinajstić information content (AvgIpc) is 2.74. The molecule has 1 unspecified atom stereocenters. The highest BCUT2D eigenvalue weighted by atomic mass is 16.4. The lowest BCUT2D eigenvalue weighted by atomic mass is 9.60. The van der Waals surface area contributed by atoms with E-state index in [1.54, 1.807) is 0 Å². The molecule has 0 rings (SSSR count). The summed E-state index contributed by atoms with van der Waals surface area (Å²) < 4.78 is 0. The number of carbonyl (C=O) groups excluding carboxylic acids is 6. The molecule has 0 spiro atoms. The first kappa shape index (κ1) is 30.8. The fourth-order valence-corrected chi connectivity index (χ4v) is 3.71. The summed E-state index contributed by atoms with van der Waals surface area (Å²) in [6.45, 7) is 4.22. The quantitative estimate of drug-likeness (QED) is 0.102. The maximum Gasteiger partial charge on any atom is 0.241 e. The third kappa shape index (κ3) is 5.49. The van der Waals surface area contributed by atoms with Crippen LogP contribution in [0.4, 0.5) is 0 Å². The molecule has 0 aromatic carbocycles. The SMILES string of the molecule is CCCCCCCC(=O)C(=O)[C@@](O)(C(C)=O)[C@](O)(C(C)=O)[C@@](O)(C(C)=O)[C@H](O)C(O)C(C)=O. The van der Waals surface area contributed by atoms with Gasteiger partial charge in [-0.2, -0.15) is 0 Å². The smallest absolute Gasteiger partial charge is 0.241 e. The van der Waals surface area contributed by atoms with Gasteiger partial charge in [0.2, 0.25) is 22.8 Å². The molecule has 11 nitrogen and oxygen atoms in total. The summed E-state index contributed by atoms with van der Waals surface area (Å²) in [5, 5.41) is 53.5. The number of hydrogen-bond acceptors (Lipinski definition) is 11. The largest absolute Gasteiger partial charge is 0.386 e. The molecule has 0 saturated heterocycles. The van der Waals surface area contributed by atoms with Crippen molar-refractivity contribution in [2.45, 2.75) is 102 Å². The molecule has 0 aromatic rings. The van der Waals surface area contributed by atoms with E-state index < -0.39 is 70.1 Å². The van der Waals surface area contributed by atoms with E-state index in [0.29, 0.717) is 27.2 Å². The lowest BCUT2D eigenvalue weighted by Gasteiger charge is -2.49. The molecule has 0 aliphatic carbocycles. The normalized spacial score (nSPS) is 18.7. The lowest BCUT2D eigenvalue weighted by molar-refractivity contribution is -0.250. The summed E-state index contributed by atoms with van der Waals surface area (Å²) in [6.07, 6.45) is -2.76. The zero-order chi connectivity index (χ0) is 26.4. The van der Waals surface area contributed by atoms with E-state index in [2.05, 4.69) is 0 Å². The minimum absolute atomic E-state index is 0.180. The van der Waals surface area contributed by atoms with Crippen LogP contribution < -0.4 is 0 Å². The molecule has 0 heterocycles. The van der Waals surface area contributed by atoms with Crippen LogP contribution in [0.2, 0.25) is 0 Å². The Kier molecular flexibility index (Phi) is 11.0. The van der Waals surface area contributed by atoms with Gasteiger partial charge in [0, 0.05) is 6.42 Å². The molecule has 0 radical (unpaired) electrons. The van der Waals surface area contributed by atoms with Crippen molar-refractivity contribution in [3.05, 3.63) is 0 Å². The van der Waals surface area contributed by atoms with Gasteiger partial charge in [0.1, 0.15) is 12.2 Å². The average molecular weight is 475 g/mol. The van der Waals surface area contributed by atoms with Crippen molar-refractivity contribution in [1.82, 2.24) is 0 Å². The minimum Gasteiger partial charge on any atom is -0.386 e. The summed E-state index contributed by atoms with van der Waals surface area (Å²) in [4.78, 5) is 74.2. The van der Waals surface area contributed by atoms with E-state index in [0.717, 1.165) is 26.2 Å². The van der Waals surface area contributed by atoms with Crippen molar-refractivity contribution < 1.29 is 54.3 Å². The summed E-state index contributed by atoms with van der Waals surface area (Å²) in [5.41, 5.74) is -12.1. The third-order valence-electron chi connectivity index (χ3n) is 5.86. The number of aliphatic hydroxyl groups excluding tert-OH is 2. The predicted octanol–water partition coefficient (Wildman–Crippen LogP) is -1.24. The highest BCUT2D eigenvalue weighted by molar-refractivity contribution is 6.46. The van der Waals surface area contributed by atoms with Crippen LogP contribution in [0.15, 0.2) is 0 Å². The maximum absolute atomic E-state index is 12.9. The van der Waals surface area contributed by atoms with Gasteiger partial charge in [-0.25, -0.2) is 0 Å². The molecule has 0 saturated carbocycles. The van der Waals surface area contributed by atoms with Gasteiger partial charge < -0.3 is 25.5 Å². The summed E-state index contributed by atoms with van der Waals surface area (Å²) in [6, 6.07) is 0. The number of rotatable bonds is 16. The Morgan fingerprint density at radius 1 is 0.727 bits per heavy atom. The number of Topliss-reactive ketones (excluding diaryl/α,β-unsaturated/α-hetero) is 6. The minimum atomic E-state index is -4.12. The van der Waals surface area contributed by atoms with Crippen LogP contribution in [0.1, 0.15) is 73.1 Å². The van der Waals surface area contributed by atoms with Gasteiger partial charge in [0.05, 0.1) is 0 Å². The Hall–Kier alpha value is -2.18. The van der Waals surface area contributed by atoms with Crippen LogP contribution in [0.25, 0.3) is 0 Å². The summed E-state index contributed by atoms with van der Waals surface area (Å²) in [7, 11) is 0. The molecule has 33 heavy (non-hydrogen) atoms. The predicted molar refractivity (Wildman–Crippen MR) is 113 cm³/mol. The van der Waals surface area contributed by atoms with Crippen molar-refractivity contribution in [2.24, 2.45) is 0 Å². The second-order valence-electron chi connectivity index (χ2n) is 8.27. The Balaban J connectivity index is 6.71. The fraction of sp³-hybridized carbons (Fsp3) is 0.727. The van der Waals surface area contributed by atoms with Gasteiger partial charge >= 0.3 is 0 Å². The van der Waals surface area contributed by atoms with Gasteiger partial charge in [-0.05, 0) is 34.1 Å². The van der Waals surface area contributed by atoms with Gasteiger partial charge in [-0.15, -0.1) is 0 Å². The highest BCUT2D eigenvalue weighted by Crippen LogP contribution is 2.40. The van der Waals surface area contributed by atoms with Crippen LogP contribution in [-0.4, -0.2) is 89.2 Å². The monoisotopic (exact) mass is 474 g/mol. The molecule has 0 fully saturated rings. The van der Waals surface area contributed by atoms with E-state index in [9.17, 15) is 54.3 Å². The van der Waals surface area contributed by atoms with Crippen molar-refractivity contribution in [3.8, 4) is 0 Å². The first-order valence-corrected chi connectivity index (χ1v) is 10.6. The first-order chi connectivity index (χ1) is 15.0. The van der Waals surface area contributed by atoms with E-state index in [1.165, 1.54) is 0 Å². The molecule has 0 bridgehead atoms. The van der Waals surface area contributed by atoms with Crippen molar-refractivity contribution in [2.75, 3.05) is 0 Å². The van der Waals surface area contributed by atoms with Crippen molar-refractivity contribution >= 4 is 34.7 Å². The van der Waals surface area contributed by atoms with Crippen molar-refractivity contribution in [3.63, 3.8) is 0 Å². The molecule has 0 amide bonds.